The fourth-order valence-electron chi connectivity index (χ4n) is 1.51. The van der Waals surface area contributed by atoms with Crippen molar-refractivity contribution in [1.82, 2.24) is 19.7 Å². The highest BCUT2D eigenvalue weighted by atomic mass is 35.5. The highest BCUT2D eigenvalue weighted by Gasteiger charge is 2.08. The van der Waals surface area contributed by atoms with E-state index >= 15 is 0 Å². The van der Waals surface area contributed by atoms with Gasteiger partial charge in [-0.1, -0.05) is 6.92 Å². The van der Waals surface area contributed by atoms with Gasteiger partial charge in [-0.2, -0.15) is 5.10 Å². The summed E-state index contributed by atoms with van der Waals surface area (Å²) in [6, 6.07) is 0. The van der Waals surface area contributed by atoms with E-state index in [0.717, 1.165) is 44.3 Å². The van der Waals surface area contributed by atoms with Crippen molar-refractivity contribution in [3.63, 3.8) is 0 Å². The Morgan fingerprint density at radius 3 is 2.87 bits per heavy atom. The molecule has 0 bridgehead atoms. The Hall–Kier alpha value is -0.610. The highest BCUT2D eigenvalue weighted by Crippen LogP contribution is 2.02. The molecule has 1 aromatic heterocycles. The molecule has 0 aliphatic carbocycles. The molecular formula is C10H19ClN4. The SMILES string of the molecule is CCN(CCCCl)Cc1ncnn1CC. The van der Waals surface area contributed by atoms with Gasteiger partial charge in [-0.15, -0.1) is 11.6 Å². The van der Waals surface area contributed by atoms with E-state index in [1.807, 2.05) is 4.68 Å². The van der Waals surface area contributed by atoms with Gasteiger partial charge in [0.2, 0.25) is 0 Å². The van der Waals surface area contributed by atoms with Gasteiger partial charge < -0.3 is 0 Å². The van der Waals surface area contributed by atoms with Gasteiger partial charge in [-0.3, -0.25) is 4.90 Å². The maximum Gasteiger partial charge on any atom is 0.140 e. The van der Waals surface area contributed by atoms with Crippen molar-refractivity contribution in [2.24, 2.45) is 0 Å². The zero-order valence-corrected chi connectivity index (χ0v) is 10.2. The standard InChI is InChI=1S/C10H19ClN4/c1-3-14(7-5-6-11)8-10-12-9-13-15(10)4-2/h9H,3-8H2,1-2H3. The third kappa shape index (κ3) is 3.80. The van der Waals surface area contributed by atoms with Crippen molar-refractivity contribution < 1.29 is 0 Å². The lowest BCUT2D eigenvalue weighted by Crippen LogP contribution is -2.26. The van der Waals surface area contributed by atoms with E-state index in [4.69, 9.17) is 11.6 Å². The van der Waals surface area contributed by atoms with Crippen LogP contribution in [0.1, 0.15) is 26.1 Å². The van der Waals surface area contributed by atoms with Gasteiger partial charge in [0.15, 0.2) is 0 Å². The minimum atomic E-state index is 0.719. The predicted octanol–water partition coefficient (Wildman–Crippen LogP) is 1.75. The van der Waals surface area contributed by atoms with E-state index in [1.54, 1.807) is 6.33 Å². The summed E-state index contributed by atoms with van der Waals surface area (Å²) < 4.78 is 1.93. The number of hydrogen-bond donors (Lipinski definition) is 0. The van der Waals surface area contributed by atoms with Crippen LogP contribution in [-0.4, -0.2) is 38.6 Å². The molecule has 0 fully saturated rings. The fourth-order valence-corrected chi connectivity index (χ4v) is 1.63. The van der Waals surface area contributed by atoms with Crippen molar-refractivity contribution in [1.29, 1.82) is 0 Å². The molecule has 0 amide bonds. The van der Waals surface area contributed by atoms with Crippen LogP contribution in [0, 0.1) is 0 Å². The molecule has 15 heavy (non-hydrogen) atoms. The van der Waals surface area contributed by atoms with Crippen LogP contribution in [-0.2, 0) is 13.1 Å². The van der Waals surface area contributed by atoms with Gasteiger partial charge in [0.1, 0.15) is 12.2 Å². The molecule has 1 rings (SSSR count). The van der Waals surface area contributed by atoms with E-state index in [9.17, 15) is 0 Å². The molecule has 0 saturated carbocycles. The van der Waals surface area contributed by atoms with Crippen LogP contribution in [0.25, 0.3) is 0 Å². The minimum Gasteiger partial charge on any atom is -0.296 e. The second-order valence-electron chi connectivity index (χ2n) is 3.40. The van der Waals surface area contributed by atoms with Gasteiger partial charge >= 0.3 is 0 Å². The van der Waals surface area contributed by atoms with Gasteiger partial charge in [0.25, 0.3) is 0 Å². The Bertz CT molecular complexity index is 274. The number of halogens is 1. The van der Waals surface area contributed by atoms with E-state index in [2.05, 4.69) is 28.8 Å². The summed E-state index contributed by atoms with van der Waals surface area (Å²) in [5.41, 5.74) is 0. The molecule has 0 unspecified atom stereocenters. The molecule has 0 aliphatic rings. The van der Waals surface area contributed by atoms with E-state index in [-0.39, 0.29) is 0 Å². The Kier molecular flexibility index (Phi) is 5.65. The minimum absolute atomic E-state index is 0.719. The average molecular weight is 231 g/mol. The Labute approximate surface area is 96.2 Å². The molecular weight excluding hydrogens is 212 g/mol. The number of hydrogen-bond acceptors (Lipinski definition) is 3. The monoisotopic (exact) mass is 230 g/mol. The molecule has 5 heteroatoms. The van der Waals surface area contributed by atoms with Crippen molar-refractivity contribution in [3.05, 3.63) is 12.2 Å². The van der Waals surface area contributed by atoms with Crippen molar-refractivity contribution in [3.8, 4) is 0 Å². The summed E-state index contributed by atoms with van der Waals surface area (Å²) in [6.45, 7) is 8.02. The maximum absolute atomic E-state index is 5.68. The average Bonchev–Trinajstić information content (AvgIpc) is 2.71. The zero-order chi connectivity index (χ0) is 11.1. The molecule has 1 heterocycles. The van der Waals surface area contributed by atoms with Crippen LogP contribution in [0.15, 0.2) is 6.33 Å². The molecule has 0 N–H and O–H groups in total. The third-order valence-electron chi connectivity index (χ3n) is 2.42. The number of nitrogens with zero attached hydrogens (tertiary/aromatic N) is 4. The lowest BCUT2D eigenvalue weighted by Gasteiger charge is -2.19. The van der Waals surface area contributed by atoms with Gasteiger partial charge in [-0.05, 0) is 26.4 Å². The number of alkyl halides is 1. The van der Waals surface area contributed by atoms with Gasteiger partial charge in [0.05, 0.1) is 6.54 Å². The summed E-state index contributed by atoms with van der Waals surface area (Å²) in [5, 5.41) is 4.16. The first-order chi connectivity index (χ1) is 7.31. The topological polar surface area (TPSA) is 34.0 Å². The zero-order valence-electron chi connectivity index (χ0n) is 9.49. The summed E-state index contributed by atoms with van der Waals surface area (Å²) >= 11 is 5.68. The summed E-state index contributed by atoms with van der Waals surface area (Å²) in [4.78, 5) is 6.59. The molecule has 1 aromatic rings. The first kappa shape index (κ1) is 12.5. The van der Waals surface area contributed by atoms with E-state index in [1.165, 1.54) is 0 Å². The molecule has 0 spiro atoms. The number of rotatable bonds is 7. The second kappa shape index (κ2) is 6.80. The molecule has 0 saturated heterocycles. The largest absolute Gasteiger partial charge is 0.296 e. The van der Waals surface area contributed by atoms with E-state index < -0.39 is 0 Å². The van der Waals surface area contributed by atoms with Crippen LogP contribution in [0.2, 0.25) is 0 Å². The molecule has 0 atom stereocenters. The molecule has 0 aromatic carbocycles. The first-order valence-electron chi connectivity index (χ1n) is 5.46. The van der Waals surface area contributed by atoms with Crippen LogP contribution < -0.4 is 0 Å². The molecule has 0 radical (unpaired) electrons. The second-order valence-corrected chi connectivity index (χ2v) is 3.78. The maximum atomic E-state index is 5.68. The summed E-state index contributed by atoms with van der Waals surface area (Å²) in [7, 11) is 0. The van der Waals surface area contributed by atoms with E-state index in [0.29, 0.717) is 0 Å². The Balaban J connectivity index is 2.50. The van der Waals surface area contributed by atoms with Gasteiger partial charge in [0, 0.05) is 12.4 Å². The lowest BCUT2D eigenvalue weighted by atomic mass is 10.4. The Morgan fingerprint density at radius 1 is 1.47 bits per heavy atom. The van der Waals surface area contributed by atoms with Gasteiger partial charge in [-0.25, -0.2) is 9.67 Å². The fraction of sp³-hybridized carbons (Fsp3) is 0.800. The van der Waals surface area contributed by atoms with Crippen molar-refractivity contribution in [2.45, 2.75) is 33.4 Å². The van der Waals surface area contributed by atoms with Crippen molar-refractivity contribution >= 4 is 11.6 Å². The molecule has 86 valence electrons. The van der Waals surface area contributed by atoms with Crippen LogP contribution in [0.4, 0.5) is 0 Å². The third-order valence-corrected chi connectivity index (χ3v) is 2.68. The van der Waals surface area contributed by atoms with Crippen LogP contribution in [0.5, 0.6) is 0 Å². The summed E-state index contributed by atoms with van der Waals surface area (Å²) in [5.74, 6) is 1.76. The lowest BCUT2D eigenvalue weighted by molar-refractivity contribution is 0.268. The molecule has 4 nitrogen and oxygen atoms in total. The number of aryl methyl sites for hydroxylation is 1. The molecule has 0 aliphatic heterocycles. The smallest absolute Gasteiger partial charge is 0.140 e. The van der Waals surface area contributed by atoms with Crippen LogP contribution in [0.3, 0.4) is 0 Å². The number of aromatic nitrogens is 3. The summed E-state index contributed by atoms with van der Waals surface area (Å²) in [6.07, 6.45) is 2.64. The first-order valence-corrected chi connectivity index (χ1v) is 6.00. The van der Waals surface area contributed by atoms with Crippen molar-refractivity contribution in [2.75, 3.05) is 19.0 Å². The normalized spacial score (nSPS) is 11.2. The van der Waals surface area contributed by atoms with Crippen LogP contribution >= 0.6 is 11.6 Å². The predicted molar refractivity (Wildman–Crippen MR) is 62.0 cm³/mol. The quantitative estimate of drug-likeness (QED) is 0.670. The highest BCUT2D eigenvalue weighted by molar-refractivity contribution is 6.17. The Morgan fingerprint density at radius 2 is 2.27 bits per heavy atom.